The van der Waals surface area contributed by atoms with E-state index in [1.54, 1.807) is 18.2 Å². The van der Waals surface area contributed by atoms with Gasteiger partial charge in [0, 0.05) is 28.3 Å². The fourth-order valence-corrected chi connectivity index (χ4v) is 2.50. The molecule has 0 fully saturated rings. The lowest BCUT2D eigenvalue weighted by Gasteiger charge is -2.11. The Hall–Kier alpha value is -2.47. The highest BCUT2D eigenvalue weighted by Gasteiger charge is 2.05. The van der Waals surface area contributed by atoms with Crippen molar-refractivity contribution < 1.29 is 4.39 Å². The van der Waals surface area contributed by atoms with Crippen molar-refractivity contribution >= 4 is 33.3 Å². The van der Waals surface area contributed by atoms with Gasteiger partial charge in [0.1, 0.15) is 23.3 Å². The van der Waals surface area contributed by atoms with Crippen LogP contribution in [0, 0.1) is 12.7 Å². The maximum absolute atomic E-state index is 13.7. The zero-order chi connectivity index (χ0) is 16.9. The number of hydrogen-bond donors (Lipinski definition) is 2. The highest BCUT2D eigenvalue weighted by Crippen LogP contribution is 2.20. The van der Waals surface area contributed by atoms with E-state index in [1.165, 1.54) is 6.07 Å². The van der Waals surface area contributed by atoms with Crippen molar-refractivity contribution in [1.29, 1.82) is 0 Å². The predicted octanol–water partition coefficient (Wildman–Crippen LogP) is 5.04. The minimum Gasteiger partial charge on any atom is -0.366 e. The van der Waals surface area contributed by atoms with Crippen molar-refractivity contribution in [3.05, 3.63) is 76.3 Å². The summed E-state index contributed by atoms with van der Waals surface area (Å²) in [5, 5.41) is 6.38. The normalized spacial score (nSPS) is 10.5. The molecule has 0 radical (unpaired) electrons. The zero-order valence-electron chi connectivity index (χ0n) is 13.1. The summed E-state index contributed by atoms with van der Waals surface area (Å²) in [6.45, 7) is 2.18. The molecule has 1 heterocycles. The van der Waals surface area contributed by atoms with Gasteiger partial charge < -0.3 is 10.6 Å². The first-order valence-electron chi connectivity index (χ1n) is 7.46. The average Bonchev–Trinajstić information content (AvgIpc) is 2.56. The van der Waals surface area contributed by atoms with Gasteiger partial charge in [-0.1, -0.05) is 34.1 Å². The minimum absolute atomic E-state index is 0.232. The fraction of sp³-hybridized carbons (Fsp3) is 0.111. The van der Waals surface area contributed by atoms with Crippen LogP contribution in [-0.4, -0.2) is 9.97 Å². The molecule has 0 aliphatic heterocycles. The third-order valence-corrected chi connectivity index (χ3v) is 3.90. The van der Waals surface area contributed by atoms with Crippen LogP contribution in [0.5, 0.6) is 0 Å². The first-order chi connectivity index (χ1) is 11.6. The molecule has 0 aliphatic carbocycles. The molecular formula is C18H16BrFN4. The number of benzene rings is 2. The van der Waals surface area contributed by atoms with E-state index in [9.17, 15) is 4.39 Å². The van der Waals surface area contributed by atoms with Crippen LogP contribution in [0.1, 0.15) is 11.4 Å². The molecule has 1 aromatic heterocycles. The van der Waals surface area contributed by atoms with E-state index in [-0.39, 0.29) is 5.82 Å². The number of aromatic nitrogens is 2. The Kier molecular flexibility index (Phi) is 5.05. The van der Waals surface area contributed by atoms with Crippen LogP contribution in [-0.2, 0) is 6.54 Å². The maximum atomic E-state index is 13.7. The number of anilines is 3. The van der Waals surface area contributed by atoms with Crippen LogP contribution in [0.15, 0.2) is 59.1 Å². The summed E-state index contributed by atoms with van der Waals surface area (Å²) >= 11 is 3.41. The highest BCUT2D eigenvalue weighted by atomic mass is 79.9. The Balaban J connectivity index is 1.74. The van der Waals surface area contributed by atoms with Crippen LogP contribution in [0.25, 0.3) is 0 Å². The molecule has 2 N–H and O–H groups in total. The third kappa shape index (κ3) is 4.29. The van der Waals surface area contributed by atoms with Gasteiger partial charge in [-0.3, -0.25) is 0 Å². The number of rotatable bonds is 5. The number of nitrogens with zero attached hydrogens (tertiary/aromatic N) is 2. The van der Waals surface area contributed by atoms with Crippen molar-refractivity contribution in [3.63, 3.8) is 0 Å². The van der Waals surface area contributed by atoms with Crippen molar-refractivity contribution in [2.75, 3.05) is 10.6 Å². The molecule has 0 aliphatic rings. The summed E-state index contributed by atoms with van der Waals surface area (Å²) in [5.41, 5.74) is 1.52. The second-order valence-electron chi connectivity index (χ2n) is 5.26. The van der Waals surface area contributed by atoms with E-state index in [1.807, 2.05) is 37.3 Å². The summed E-state index contributed by atoms with van der Waals surface area (Å²) in [4.78, 5) is 8.72. The smallest absolute Gasteiger partial charge is 0.136 e. The highest BCUT2D eigenvalue weighted by molar-refractivity contribution is 9.10. The standard InChI is InChI=1S/C18H16BrFN4/c1-12-22-17(21-11-13-4-2-3-5-16(13)20)10-18(23-12)24-15-8-6-14(19)7-9-15/h2-10H,11H2,1H3,(H2,21,22,23,24). The number of halogens is 2. The number of aryl methyl sites for hydroxylation is 1. The van der Waals surface area contributed by atoms with E-state index in [0.29, 0.717) is 29.6 Å². The Morgan fingerprint density at radius 1 is 1.00 bits per heavy atom. The molecule has 0 spiro atoms. The molecule has 0 unspecified atom stereocenters. The maximum Gasteiger partial charge on any atom is 0.136 e. The lowest BCUT2D eigenvalue weighted by atomic mass is 10.2. The van der Waals surface area contributed by atoms with Crippen LogP contribution in [0.2, 0.25) is 0 Å². The molecule has 4 nitrogen and oxygen atoms in total. The van der Waals surface area contributed by atoms with Gasteiger partial charge in [0.15, 0.2) is 0 Å². The van der Waals surface area contributed by atoms with Crippen molar-refractivity contribution in [2.24, 2.45) is 0 Å². The van der Waals surface area contributed by atoms with E-state index in [4.69, 9.17) is 0 Å². The number of nitrogens with one attached hydrogen (secondary N) is 2. The fourth-order valence-electron chi connectivity index (χ4n) is 2.23. The third-order valence-electron chi connectivity index (χ3n) is 3.37. The Labute approximate surface area is 148 Å². The average molecular weight is 387 g/mol. The lowest BCUT2D eigenvalue weighted by molar-refractivity contribution is 0.613. The van der Waals surface area contributed by atoms with E-state index in [2.05, 4.69) is 36.5 Å². The monoisotopic (exact) mass is 386 g/mol. The molecule has 122 valence electrons. The quantitative estimate of drug-likeness (QED) is 0.644. The van der Waals surface area contributed by atoms with Crippen LogP contribution >= 0.6 is 15.9 Å². The molecule has 0 amide bonds. The topological polar surface area (TPSA) is 49.8 Å². The molecule has 3 aromatic rings. The molecule has 0 bridgehead atoms. The largest absolute Gasteiger partial charge is 0.366 e. The van der Waals surface area contributed by atoms with E-state index >= 15 is 0 Å². The lowest BCUT2D eigenvalue weighted by Crippen LogP contribution is -2.06. The Bertz CT molecular complexity index is 837. The summed E-state index contributed by atoms with van der Waals surface area (Å²) < 4.78 is 14.7. The van der Waals surface area contributed by atoms with Gasteiger partial charge >= 0.3 is 0 Å². The molecule has 0 atom stereocenters. The van der Waals surface area contributed by atoms with Gasteiger partial charge in [0.05, 0.1) is 0 Å². The van der Waals surface area contributed by atoms with Crippen LogP contribution in [0.3, 0.4) is 0 Å². The number of hydrogen-bond acceptors (Lipinski definition) is 4. The summed E-state index contributed by atoms with van der Waals surface area (Å²) in [7, 11) is 0. The molecule has 24 heavy (non-hydrogen) atoms. The van der Waals surface area contributed by atoms with Gasteiger partial charge in [-0.25, -0.2) is 14.4 Å². The first kappa shape index (κ1) is 16.4. The minimum atomic E-state index is -0.232. The zero-order valence-corrected chi connectivity index (χ0v) is 14.6. The van der Waals surface area contributed by atoms with Crippen molar-refractivity contribution in [1.82, 2.24) is 9.97 Å². The van der Waals surface area contributed by atoms with Gasteiger partial charge in [-0.05, 0) is 37.3 Å². The van der Waals surface area contributed by atoms with Crippen LogP contribution < -0.4 is 10.6 Å². The Morgan fingerprint density at radius 3 is 2.46 bits per heavy atom. The molecule has 6 heteroatoms. The first-order valence-corrected chi connectivity index (χ1v) is 8.25. The molecule has 0 saturated heterocycles. The summed E-state index contributed by atoms with van der Waals surface area (Å²) in [5.74, 6) is 1.73. The summed E-state index contributed by atoms with van der Waals surface area (Å²) in [6.07, 6.45) is 0. The second kappa shape index (κ2) is 7.40. The molecular weight excluding hydrogens is 371 g/mol. The van der Waals surface area contributed by atoms with Crippen molar-refractivity contribution in [2.45, 2.75) is 13.5 Å². The predicted molar refractivity (Wildman–Crippen MR) is 97.9 cm³/mol. The van der Waals surface area contributed by atoms with Gasteiger partial charge in [0.25, 0.3) is 0 Å². The molecule has 0 saturated carbocycles. The summed E-state index contributed by atoms with van der Waals surface area (Å²) in [6, 6.07) is 16.3. The Morgan fingerprint density at radius 2 is 1.71 bits per heavy atom. The SMILES string of the molecule is Cc1nc(NCc2ccccc2F)cc(Nc2ccc(Br)cc2)n1. The van der Waals surface area contributed by atoms with Gasteiger partial charge in [0.2, 0.25) is 0 Å². The second-order valence-corrected chi connectivity index (χ2v) is 6.18. The van der Waals surface area contributed by atoms with Gasteiger partial charge in [-0.2, -0.15) is 0 Å². The van der Waals surface area contributed by atoms with E-state index < -0.39 is 0 Å². The van der Waals surface area contributed by atoms with Crippen LogP contribution in [0.4, 0.5) is 21.7 Å². The van der Waals surface area contributed by atoms with Crippen molar-refractivity contribution in [3.8, 4) is 0 Å². The molecule has 2 aromatic carbocycles. The molecule has 3 rings (SSSR count). The van der Waals surface area contributed by atoms with E-state index in [0.717, 1.165) is 10.2 Å². The van der Waals surface area contributed by atoms with Gasteiger partial charge in [-0.15, -0.1) is 0 Å².